The van der Waals surface area contributed by atoms with Crippen molar-refractivity contribution in [3.8, 4) is 17.0 Å². The fraction of sp³-hybridized carbons (Fsp3) is 0.286. The Morgan fingerprint density at radius 2 is 1.86 bits per heavy atom. The van der Waals surface area contributed by atoms with Gasteiger partial charge in [-0.2, -0.15) is 9.37 Å². The summed E-state index contributed by atoms with van der Waals surface area (Å²) in [6.07, 6.45) is 0.228. The minimum atomic E-state index is -0.512. The van der Waals surface area contributed by atoms with Gasteiger partial charge in [0.15, 0.2) is 0 Å². The van der Waals surface area contributed by atoms with Crippen molar-refractivity contribution in [3.05, 3.63) is 75.3 Å². The summed E-state index contributed by atoms with van der Waals surface area (Å²) < 4.78 is 18.6. The van der Waals surface area contributed by atoms with Crippen molar-refractivity contribution in [2.24, 2.45) is 0 Å². The van der Waals surface area contributed by atoms with Crippen LogP contribution in [-0.4, -0.2) is 26.2 Å². The molecule has 0 amide bonds. The summed E-state index contributed by atoms with van der Waals surface area (Å²) in [5.41, 5.74) is 2.98. The molecule has 3 aromatic rings. The molecule has 28 heavy (non-hydrogen) atoms. The number of aromatic amines is 1. The Hall–Kier alpha value is -3.06. The van der Waals surface area contributed by atoms with Crippen LogP contribution >= 0.6 is 0 Å². The Kier molecular flexibility index (Phi) is 5.84. The highest BCUT2D eigenvalue weighted by Crippen LogP contribution is 2.24. The maximum absolute atomic E-state index is 13.2. The predicted octanol–water partition coefficient (Wildman–Crippen LogP) is 3.50. The number of hydrogen-bond acceptors (Lipinski definition) is 5. The van der Waals surface area contributed by atoms with Crippen molar-refractivity contribution in [1.82, 2.24) is 15.0 Å². The lowest BCUT2D eigenvalue weighted by atomic mass is 10.0. The number of nitrogens with one attached hydrogen (secondary N) is 1. The highest BCUT2D eigenvalue weighted by molar-refractivity contribution is 5.65. The van der Waals surface area contributed by atoms with Crippen LogP contribution in [0.1, 0.15) is 36.5 Å². The van der Waals surface area contributed by atoms with E-state index in [4.69, 9.17) is 4.74 Å². The summed E-state index contributed by atoms with van der Waals surface area (Å²) in [4.78, 5) is 22.8. The van der Waals surface area contributed by atoms with Crippen LogP contribution in [0.2, 0.25) is 0 Å². The highest BCUT2D eigenvalue weighted by Gasteiger charge is 2.13. The van der Waals surface area contributed by atoms with Gasteiger partial charge in [0.25, 0.3) is 5.56 Å². The number of aromatic hydroxyl groups is 1. The molecule has 0 aliphatic heterocycles. The minimum Gasteiger partial charge on any atom is -0.493 e. The van der Waals surface area contributed by atoms with E-state index in [1.54, 1.807) is 13.0 Å². The van der Waals surface area contributed by atoms with E-state index < -0.39 is 11.5 Å². The smallest absolute Gasteiger partial charge is 0.258 e. The maximum atomic E-state index is 13.2. The van der Waals surface area contributed by atoms with Gasteiger partial charge in [-0.15, -0.1) is 0 Å². The van der Waals surface area contributed by atoms with E-state index in [1.807, 2.05) is 38.1 Å². The SMILES string of the molecule is Cc1nc(F)ccc1-c1ccc(Cc2c(O)nc(COC(C)C)[nH]c2=O)cc1. The summed E-state index contributed by atoms with van der Waals surface area (Å²) in [5.74, 6) is -0.523. The van der Waals surface area contributed by atoms with Gasteiger partial charge in [0, 0.05) is 17.7 Å². The molecule has 1 aromatic carbocycles. The van der Waals surface area contributed by atoms with E-state index in [2.05, 4.69) is 15.0 Å². The number of rotatable bonds is 6. The van der Waals surface area contributed by atoms with Gasteiger partial charge < -0.3 is 14.8 Å². The molecule has 0 atom stereocenters. The predicted molar refractivity (Wildman–Crippen MR) is 104 cm³/mol. The molecule has 0 saturated heterocycles. The molecule has 0 saturated carbocycles. The van der Waals surface area contributed by atoms with Crippen LogP contribution in [0.4, 0.5) is 4.39 Å². The largest absolute Gasteiger partial charge is 0.493 e. The average molecular weight is 383 g/mol. The third-order valence-electron chi connectivity index (χ3n) is 4.29. The molecule has 6 nitrogen and oxygen atoms in total. The Morgan fingerprint density at radius 3 is 2.46 bits per heavy atom. The van der Waals surface area contributed by atoms with Gasteiger partial charge in [0.1, 0.15) is 12.4 Å². The number of benzene rings is 1. The molecule has 0 spiro atoms. The molecule has 2 aromatic heterocycles. The van der Waals surface area contributed by atoms with E-state index in [1.165, 1.54) is 6.07 Å². The zero-order chi connectivity index (χ0) is 20.3. The minimum absolute atomic E-state index is 0.00872. The summed E-state index contributed by atoms with van der Waals surface area (Å²) in [5, 5.41) is 10.2. The summed E-state index contributed by atoms with van der Waals surface area (Å²) in [7, 11) is 0. The molecular formula is C21H22FN3O3. The van der Waals surface area contributed by atoms with Crippen LogP contribution in [0.5, 0.6) is 5.88 Å². The van der Waals surface area contributed by atoms with Crippen LogP contribution in [0.15, 0.2) is 41.2 Å². The molecule has 0 aliphatic rings. The van der Waals surface area contributed by atoms with E-state index in [-0.39, 0.29) is 36.4 Å². The first kappa shape index (κ1) is 19.7. The Bertz CT molecular complexity index is 1030. The number of ether oxygens (including phenoxy) is 1. The third kappa shape index (κ3) is 4.61. The lowest BCUT2D eigenvalue weighted by Crippen LogP contribution is -2.18. The molecule has 0 fully saturated rings. The second kappa shape index (κ2) is 8.31. The number of halogens is 1. The Balaban J connectivity index is 1.79. The van der Waals surface area contributed by atoms with Crippen molar-refractivity contribution < 1.29 is 14.2 Å². The second-order valence-electron chi connectivity index (χ2n) is 6.82. The lowest BCUT2D eigenvalue weighted by molar-refractivity contribution is 0.0607. The number of pyridine rings is 1. The van der Waals surface area contributed by atoms with Crippen LogP contribution in [0.25, 0.3) is 11.1 Å². The first-order valence-corrected chi connectivity index (χ1v) is 8.98. The molecule has 7 heteroatoms. The van der Waals surface area contributed by atoms with E-state index in [9.17, 15) is 14.3 Å². The summed E-state index contributed by atoms with van der Waals surface area (Å²) in [6, 6.07) is 10.5. The normalized spacial score (nSPS) is 11.2. The summed E-state index contributed by atoms with van der Waals surface area (Å²) >= 11 is 0. The van der Waals surface area contributed by atoms with Gasteiger partial charge in [-0.25, -0.2) is 4.98 Å². The molecule has 0 bridgehead atoms. The fourth-order valence-corrected chi connectivity index (χ4v) is 2.85. The van der Waals surface area contributed by atoms with Crippen molar-refractivity contribution in [2.75, 3.05) is 0 Å². The highest BCUT2D eigenvalue weighted by atomic mass is 19.1. The molecule has 0 unspecified atom stereocenters. The second-order valence-corrected chi connectivity index (χ2v) is 6.82. The molecule has 2 N–H and O–H groups in total. The quantitative estimate of drug-likeness (QED) is 0.636. The number of nitrogens with zero attached hydrogens (tertiary/aromatic N) is 2. The van der Waals surface area contributed by atoms with Crippen molar-refractivity contribution in [2.45, 2.75) is 39.9 Å². The van der Waals surface area contributed by atoms with Gasteiger partial charge in [0.05, 0.1) is 11.7 Å². The van der Waals surface area contributed by atoms with Crippen LogP contribution in [0.3, 0.4) is 0 Å². The van der Waals surface area contributed by atoms with E-state index in [0.717, 1.165) is 16.7 Å². The summed E-state index contributed by atoms with van der Waals surface area (Å²) in [6.45, 7) is 5.62. The first-order chi connectivity index (χ1) is 13.3. The molecule has 146 valence electrons. The molecular weight excluding hydrogens is 361 g/mol. The lowest BCUT2D eigenvalue weighted by Gasteiger charge is -2.09. The number of H-pyrrole nitrogens is 1. The van der Waals surface area contributed by atoms with Gasteiger partial charge in [-0.3, -0.25) is 4.79 Å². The van der Waals surface area contributed by atoms with Crippen molar-refractivity contribution in [3.63, 3.8) is 0 Å². The molecule has 0 radical (unpaired) electrons. The molecule has 2 heterocycles. The fourth-order valence-electron chi connectivity index (χ4n) is 2.85. The zero-order valence-corrected chi connectivity index (χ0v) is 16.0. The van der Waals surface area contributed by atoms with E-state index >= 15 is 0 Å². The molecule has 3 rings (SSSR count). The first-order valence-electron chi connectivity index (χ1n) is 8.98. The van der Waals surface area contributed by atoms with Crippen LogP contribution < -0.4 is 5.56 Å². The Labute approximate surface area is 162 Å². The standard InChI is InChI=1S/C21H22FN3O3/c1-12(2)28-11-19-24-20(26)17(21(27)25-19)10-14-4-6-15(7-5-14)16-8-9-18(22)23-13(16)3/h4-9,12H,10-11H2,1-3H3,(H2,24,25,26,27). The average Bonchev–Trinajstić information content (AvgIpc) is 2.64. The number of aryl methyl sites for hydroxylation is 1. The van der Waals surface area contributed by atoms with Gasteiger partial charge in [-0.05, 0) is 44.0 Å². The number of hydrogen-bond donors (Lipinski definition) is 2. The van der Waals surface area contributed by atoms with Gasteiger partial charge in [-0.1, -0.05) is 24.3 Å². The zero-order valence-electron chi connectivity index (χ0n) is 16.0. The van der Waals surface area contributed by atoms with Crippen LogP contribution in [-0.2, 0) is 17.8 Å². The Morgan fingerprint density at radius 1 is 1.14 bits per heavy atom. The topological polar surface area (TPSA) is 88.1 Å². The van der Waals surface area contributed by atoms with Crippen LogP contribution in [0, 0.1) is 12.9 Å². The molecule has 0 aliphatic carbocycles. The van der Waals surface area contributed by atoms with E-state index in [0.29, 0.717) is 5.69 Å². The maximum Gasteiger partial charge on any atom is 0.258 e. The van der Waals surface area contributed by atoms with Crippen molar-refractivity contribution >= 4 is 0 Å². The van der Waals surface area contributed by atoms with Crippen molar-refractivity contribution in [1.29, 1.82) is 0 Å². The van der Waals surface area contributed by atoms with Gasteiger partial charge in [0.2, 0.25) is 11.8 Å². The monoisotopic (exact) mass is 383 g/mol. The third-order valence-corrected chi connectivity index (χ3v) is 4.29. The van der Waals surface area contributed by atoms with Gasteiger partial charge >= 0.3 is 0 Å². The number of aromatic nitrogens is 3.